The predicted octanol–water partition coefficient (Wildman–Crippen LogP) is 5.13. The maximum atomic E-state index is 2.58. The van der Waals surface area contributed by atoms with Crippen LogP contribution in [0.25, 0.3) is 0 Å². The molecule has 2 nitrogen and oxygen atoms in total. The van der Waals surface area contributed by atoms with Crippen LogP contribution in [0, 0.1) is 20.8 Å². The minimum atomic E-state index is 0.431. The third kappa shape index (κ3) is 4.18. The number of benzene rings is 2. The highest BCUT2D eigenvalue weighted by atomic mass is 15.3. The second kappa shape index (κ2) is 8.34. The molecule has 1 atom stereocenters. The fraction of sp³-hybridized carbons (Fsp3) is 0.455. The van der Waals surface area contributed by atoms with Crippen LogP contribution in [0.3, 0.4) is 0 Å². The smallest absolute Gasteiger partial charge is 0.0670 e. The van der Waals surface area contributed by atoms with Gasteiger partial charge in [0.15, 0.2) is 0 Å². The van der Waals surface area contributed by atoms with Gasteiger partial charge >= 0.3 is 0 Å². The zero-order chi connectivity index (χ0) is 17.7. The van der Waals surface area contributed by atoms with Crippen molar-refractivity contribution < 1.29 is 0 Å². The van der Waals surface area contributed by atoms with Crippen molar-refractivity contribution in [2.75, 3.05) is 31.6 Å². The minimum absolute atomic E-state index is 0.431. The Morgan fingerprint density at radius 3 is 2.08 bits per heavy atom. The van der Waals surface area contributed by atoms with Gasteiger partial charge in [0, 0.05) is 25.3 Å². The minimum Gasteiger partial charge on any atom is -0.362 e. The van der Waals surface area contributed by atoms with Gasteiger partial charge in [0.05, 0.1) is 6.04 Å². The largest absolute Gasteiger partial charge is 0.362 e. The molecule has 2 aromatic carbocycles. The molecule has 1 fully saturated rings. The summed E-state index contributed by atoms with van der Waals surface area (Å²) in [5.41, 5.74) is 6.83. The van der Waals surface area contributed by atoms with Crippen LogP contribution in [0.1, 0.15) is 42.1 Å². The van der Waals surface area contributed by atoms with Gasteiger partial charge in [-0.2, -0.15) is 0 Å². The van der Waals surface area contributed by atoms with Crippen LogP contribution in [-0.4, -0.2) is 31.6 Å². The van der Waals surface area contributed by atoms with Crippen molar-refractivity contribution in [2.24, 2.45) is 0 Å². The van der Waals surface area contributed by atoms with Gasteiger partial charge in [-0.25, -0.2) is 0 Å². The van der Waals surface area contributed by atoms with E-state index < -0.39 is 0 Å². The number of aryl methyl sites for hydroxylation is 3. The Balaban J connectivity index is 0.00000100. The fourth-order valence-corrected chi connectivity index (χ4v) is 3.41. The molecule has 1 saturated heterocycles. The van der Waals surface area contributed by atoms with E-state index in [9.17, 15) is 0 Å². The molecule has 130 valence electrons. The lowest BCUT2D eigenvalue weighted by molar-refractivity contribution is 0.269. The topological polar surface area (TPSA) is 6.48 Å². The van der Waals surface area contributed by atoms with Crippen LogP contribution in [0.15, 0.2) is 42.5 Å². The summed E-state index contributed by atoms with van der Waals surface area (Å²) in [4.78, 5) is 5.02. The van der Waals surface area contributed by atoms with Gasteiger partial charge in [-0.3, -0.25) is 0 Å². The third-order valence-electron chi connectivity index (χ3n) is 4.71. The van der Waals surface area contributed by atoms with E-state index in [1.54, 1.807) is 0 Å². The molecule has 0 N–H and O–H groups in total. The normalized spacial score (nSPS) is 18.1. The highest BCUT2D eigenvalue weighted by molar-refractivity contribution is 5.56. The Morgan fingerprint density at radius 2 is 1.46 bits per heavy atom. The quantitative estimate of drug-likeness (QED) is 0.755. The lowest BCUT2D eigenvalue weighted by Crippen LogP contribution is -2.47. The molecule has 0 spiro atoms. The summed E-state index contributed by atoms with van der Waals surface area (Å²) in [7, 11) is 2.22. The van der Waals surface area contributed by atoms with Gasteiger partial charge in [-0.15, -0.1) is 0 Å². The van der Waals surface area contributed by atoms with Crippen molar-refractivity contribution in [3.8, 4) is 0 Å². The van der Waals surface area contributed by atoms with Crippen molar-refractivity contribution in [1.29, 1.82) is 0 Å². The summed E-state index contributed by atoms with van der Waals surface area (Å²) in [5, 5.41) is 0. The van der Waals surface area contributed by atoms with Gasteiger partial charge < -0.3 is 9.80 Å². The summed E-state index contributed by atoms with van der Waals surface area (Å²) in [6, 6.07) is 16.3. The van der Waals surface area contributed by atoms with Crippen LogP contribution in [0.5, 0.6) is 0 Å². The molecule has 0 saturated carbocycles. The van der Waals surface area contributed by atoms with Gasteiger partial charge in [-0.1, -0.05) is 61.4 Å². The molecule has 0 amide bonds. The van der Waals surface area contributed by atoms with Crippen LogP contribution in [-0.2, 0) is 0 Å². The highest BCUT2D eigenvalue weighted by Gasteiger charge is 2.27. The number of anilines is 1. The standard InChI is InChI=1S/C20H26N2.C2H6/c1-15-5-8-18(9-6-15)20-14-21(4)11-12-22(20)19-10-7-16(2)13-17(19)3;1-2/h5-10,13,20H,11-12,14H2,1-4H3;1-2H3. The van der Waals surface area contributed by atoms with Gasteiger partial charge in [-0.05, 0) is 45.0 Å². The molecule has 2 heteroatoms. The number of likely N-dealkylation sites (N-methyl/N-ethyl adjacent to an activating group) is 1. The van der Waals surface area contributed by atoms with Crippen molar-refractivity contribution >= 4 is 5.69 Å². The first-order chi connectivity index (χ1) is 11.5. The SMILES string of the molecule is CC.Cc1ccc(C2CN(C)CCN2c2ccc(C)cc2C)cc1. The van der Waals surface area contributed by atoms with Crippen LogP contribution < -0.4 is 4.90 Å². The first kappa shape index (κ1) is 18.5. The summed E-state index contributed by atoms with van der Waals surface area (Å²) >= 11 is 0. The van der Waals surface area contributed by atoms with Gasteiger partial charge in [0.1, 0.15) is 0 Å². The molecule has 1 unspecified atom stereocenters. The zero-order valence-corrected chi connectivity index (χ0v) is 16.1. The zero-order valence-electron chi connectivity index (χ0n) is 16.1. The first-order valence-corrected chi connectivity index (χ1v) is 9.13. The van der Waals surface area contributed by atoms with Crippen molar-refractivity contribution in [1.82, 2.24) is 4.90 Å². The third-order valence-corrected chi connectivity index (χ3v) is 4.71. The van der Waals surface area contributed by atoms with Crippen molar-refractivity contribution in [3.05, 3.63) is 64.7 Å². The second-order valence-electron chi connectivity index (χ2n) is 6.67. The van der Waals surface area contributed by atoms with Crippen LogP contribution in [0.4, 0.5) is 5.69 Å². The van der Waals surface area contributed by atoms with Crippen LogP contribution >= 0.6 is 0 Å². The van der Waals surface area contributed by atoms with Gasteiger partial charge in [0.2, 0.25) is 0 Å². The summed E-state index contributed by atoms with van der Waals surface area (Å²) in [6.45, 7) is 13.8. The maximum Gasteiger partial charge on any atom is 0.0670 e. The van der Waals surface area contributed by atoms with Crippen molar-refractivity contribution in [2.45, 2.75) is 40.7 Å². The van der Waals surface area contributed by atoms with E-state index in [-0.39, 0.29) is 0 Å². The molecule has 0 bridgehead atoms. The van der Waals surface area contributed by atoms with E-state index in [4.69, 9.17) is 0 Å². The van der Waals surface area contributed by atoms with Crippen LogP contribution in [0.2, 0.25) is 0 Å². The van der Waals surface area contributed by atoms with Gasteiger partial charge in [0.25, 0.3) is 0 Å². The van der Waals surface area contributed by atoms with E-state index >= 15 is 0 Å². The van der Waals surface area contributed by atoms with E-state index in [0.29, 0.717) is 6.04 Å². The molecular weight excluding hydrogens is 292 g/mol. The van der Waals surface area contributed by atoms with Crippen molar-refractivity contribution in [3.63, 3.8) is 0 Å². The highest BCUT2D eigenvalue weighted by Crippen LogP contribution is 2.32. The number of nitrogens with zero attached hydrogens (tertiary/aromatic N) is 2. The molecule has 0 aromatic heterocycles. The lowest BCUT2D eigenvalue weighted by Gasteiger charge is -2.42. The number of hydrogen-bond acceptors (Lipinski definition) is 2. The summed E-state index contributed by atoms with van der Waals surface area (Å²) in [6.07, 6.45) is 0. The molecule has 3 rings (SSSR count). The Morgan fingerprint density at radius 1 is 0.833 bits per heavy atom. The van der Waals surface area contributed by atoms with E-state index in [2.05, 4.69) is 80.1 Å². The molecular formula is C22H32N2. The first-order valence-electron chi connectivity index (χ1n) is 9.13. The molecule has 0 radical (unpaired) electrons. The molecule has 0 aliphatic carbocycles. The molecule has 1 aliphatic rings. The fourth-order valence-electron chi connectivity index (χ4n) is 3.41. The average Bonchev–Trinajstić information content (AvgIpc) is 2.58. The average molecular weight is 325 g/mol. The molecule has 1 heterocycles. The molecule has 1 aliphatic heterocycles. The Hall–Kier alpha value is -1.80. The maximum absolute atomic E-state index is 2.58. The summed E-state index contributed by atoms with van der Waals surface area (Å²) in [5.74, 6) is 0. The number of piperazine rings is 1. The monoisotopic (exact) mass is 324 g/mol. The molecule has 24 heavy (non-hydrogen) atoms. The predicted molar refractivity (Wildman–Crippen MR) is 106 cm³/mol. The lowest BCUT2D eigenvalue weighted by atomic mass is 9.99. The summed E-state index contributed by atoms with van der Waals surface area (Å²) < 4.78 is 0. The Kier molecular flexibility index (Phi) is 6.44. The Labute approximate surface area is 148 Å². The number of hydrogen-bond donors (Lipinski definition) is 0. The Bertz CT molecular complexity index is 646. The van der Waals surface area contributed by atoms with E-state index in [1.165, 1.54) is 27.9 Å². The number of rotatable bonds is 2. The second-order valence-corrected chi connectivity index (χ2v) is 6.67. The molecule has 2 aromatic rings. The van der Waals surface area contributed by atoms with E-state index in [1.807, 2.05) is 13.8 Å². The van der Waals surface area contributed by atoms with E-state index in [0.717, 1.165) is 19.6 Å².